The van der Waals surface area contributed by atoms with Crippen LogP contribution in [0.5, 0.6) is 11.5 Å². The average molecular weight is 420 g/mol. The minimum atomic E-state index is -1.94. The highest BCUT2D eigenvalue weighted by Crippen LogP contribution is 2.44. The van der Waals surface area contributed by atoms with Crippen LogP contribution in [0.25, 0.3) is 0 Å². The van der Waals surface area contributed by atoms with Gasteiger partial charge in [0.1, 0.15) is 0 Å². The second kappa shape index (κ2) is 6.74. The molecule has 0 spiro atoms. The molecular weight excluding hydrogens is 402 g/mol. The maximum absolute atomic E-state index is 12.8. The highest BCUT2D eigenvalue weighted by atomic mass is 79.9. The van der Waals surface area contributed by atoms with Crippen LogP contribution in [0.4, 0.5) is 5.69 Å². The number of hydrogen-bond acceptors (Lipinski definition) is 5. The molecule has 0 bridgehead atoms. The molecule has 26 heavy (non-hydrogen) atoms. The normalized spacial score (nSPS) is 18.3. The molecule has 0 saturated heterocycles. The van der Waals surface area contributed by atoms with Gasteiger partial charge in [0.25, 0.3) is 5.91 Å². The zero-order valence-electron chi connectivity index (χ0n) is 14.6. The molecule has 1 amide bonds. The number of hydrogen-bond donors (Lipinski definition) is 2. The maximum atomic E-state index is 12.8. The predicted octanol–water partition coefficient (Wildman–Crippen LogP) is 3.19. The van der Waals surface area contributed by atoms with E-state index in [0.717, 1.165) is 5.56 Å². The van der Waals surface area contributed by atoms with Crippen LogP contribution < -0.4 is 14.8 Å². The van der Waals surface area contributed by atoms with Gasteiger partial charge in [0, 0.05) is 21.3 Å². The number of rotatable bonds is 5. The van der Waals surface area contributed by atoms with E-state index in [-0.39, 0.29) is 12.2 Å². The first-order valence-corrected chi connectivity index (χ1v) is 8.69. The van der Waals surface area contributed by atoms with Crippen LogP contribution in [0.15, 0.2) is 34.8 Å². The second-order valence-electron chi connectivity index (χ2n) is 6.10. The van der Waals surface area contributed by atoms with Gasteiger partial charge in [-0.3, -0.25) is 9.59 Å². The van der Waals surface area contributed by atoms with Gasteiger partial charge in [0.2, 0.25) is 0 Å². The molecule has 2 N–H and O–H groups in total. The van der Waals surface area contributed by atoms with Gasteiger partial charge in [0.05, 0.1) is 20.6 Å². The highest BCUT2D eigenvalue weighted by Gasteiger charge is 2.48. The van der Waals surface area contributed by atoms with E-state index in [1.54, 1.807) is 18.2 Å². The fraction of sp³-hybridized carbons (Fsp3) is 0.263. The summed E-state index contributed by atoms with van der Waals surface area (Å²) in [6, 6.07) is 8.26. The molecule has 0 saturated carbocycles. The predicted molar refractivity (Wildman–Crippen MR) is 99.9 cm³/mol. The number of methoxy groups -OCH3 is 2. The van der Waals surface area contributed by atoms with E-state index >= 15 is 0 Å². The van der Waals surface area contributed by atoms with Crippen molar-refractivity contribution in [3.8, 4) is 11.5 Å². The van der Waals surface area contributed by atoms with Crippen LogP contribution in [-0.2, 0) is 10.4 Å². The summed E-state index contributed by atoms with van der Waals surface area (Å²) >= 11 is 3.42. The number of ketones is 1. The van der Waals surface area contributed by atoms with Crippen molar-refractivity contribution in [3.63, 3.8) is 0 Å². The van der Waals surface area contributed by atoms with Crippen molar-refractivity contribution in [2.75, 3.05) is 19.5 Å². The number of benzene rings is 2. The quantitative estimate of drug-likeness (QED) is 0.726. The number of carbonyl (C=O) groups excluding carboxylic acids is 2. The van der Waals surface area contributed by atoms with Gasteiger partial charge in [-0.15, -0.1) is 0 Å². The minimum absolute atomic E-state index is 0.320. The third-order valence-electron chi connectivity index (χ3n) is 4.49. The van der Waals surface area contributed by atoms with Crippen molar-refractivity contribution in [2.45, 2.75) is 18.9 Å². The monoisotopic (exact) mass is 419 g/mol. The summed E-state index contributed by atoms with van der Waals surface area (Å²) in [4.78, 5) is 25.2. The summed E-state index contributed by atoms with van der Waals surface area (Å²) in [6.07, 6.45) is -0.386. The van der Waals surface area contributed by atoms with Crippen LogP contribution in [-0.4, -0.2) is 31.0 Å². The molecule has 1 atom stereocenters. The maximum Gasteiger partial charge on any atom is 0.261 e. The van der Waals surface area contributed by atoms with Crippen molar-refractivity contribution in [1.29, 1.82) is 0 Å². The van der Waals surface area contributed by atoms with Crippen molar-refractivity contribution < 1.29 is 24.2 Å². The number of aryl methyl sites for hydroxylation is 1. The van der Waals surface area contributed by atoms with Crippen LogP contribution in [0.2, 0.25) is 0 Å². The average Bonchev–Trinajstić information content (AvgIpc) is 2.88. The van der Waals surface area contributed by atoms with Crippen LogP contribution >= 0.6 is 15.9 Å². The molecule has 7 heteroatoms. The Balaban J connectivity index is 1.98. The fourth-order valence-corrected chi connectivity index (χ4v) is 3.71. The first-order valence-electron chi connectivity index (χ1n) is 7.90. The van der Waals surface area contributed by atoms with Crippen LogP contribution in [0.1, 0.15) is 27.9 Å². The number of halogens is 1. The Morgan fingerprint density at radius 2 is 1.88 bits per heavy atom. The van der Waals surface area contributed by atoms with Gasteiger partial charge < -0.3 is 19.9 Å². The van der Waals surface area contributed by atoms with E-state index in [2.05, 4.69) is 21.2 Å². The topological polar surface area (TPSA) is 84.9 Å². The number of fused-ring (bicyclic) bond motifs is 1. The lowest BCUT2D eigenvalue weighted by atomic mass is 9.87. The fourth-order valence-electron chi connectivity index (χ4n) is 3.04. The largest absolute Gasteiger partial charge is 0.493 e. The Morgan fingerprint density at radius 1 is 1.19 bits per heavy atom. The summed E-state index contributed by atoms with van der Waals surface area (Å²) < 4.78 is 11.0. The lowest BCUT2D eigenvalue weighted by molar-refractivity contribution is -0.133. The van der Waals surface area contributed by atoms with Gasteiger partial charge in [-0.05, 0) is 36.8 Å². The minimum Gasteiger partial charge on any atom is -0.493 e. The molecule has 136 valence electrons. The van der Waals surface area contributed by atoms with Crippen molar-refractivity contribution in [2.24, 2.45) is 0 Å². The molecule has 0 aromatic heterocycles. The molecule has 0 aliphatic carbocycles. The number of Topliss-reactive ketones (excluding diaryl/α,β-unsaturated/α-hetero) is 1. The summed E-state index contributed by atoms with van der Waals surface area (Å²) in [5.74, 6) is -0.110. The molecule has 3 rings (SSSR count). The van der Waals surface area contributed by atoms with Gasteiger partial charge in [-0.25, -0.2) is 0 Å². The molecule has 0 fully saturated rings. The third kappa shape index (κ3) is 2.87. The van der Waals surface area contributed by atoms with Crippen molar-refractivity contribution >= 4 is 33.3 Å². The number of anilines is 1. The zero-order chi connectivity index (χ0) is 19.1. The molecular formula is C19H18BrNO5. The third-order valence-corrected chi connectivity index (χ3v) is 5.52. The lowest BCUT2D eigenvalue weighted by Crippen LogP contribution is -2.36. The SMILES string of the molecule is COc1ccc(C(=O)C[C@@]2(O)C(=O)Nc3ccc(C)c(Br)c32)cc1OC. The Morgan fingerprint density at radius 3 is 2.54 bits per heavy atom. The highest BCUT2D eigenvalue weighted by molar-refractivity contribution is 9.10. The van der Waals surface area contributed by atoms with Crippen molar-refractivity contribution in [1.82, 2.24) is 0 Å². The number of carbonyl (C=O) groups is 2. The number of aliphatic hydroxyl groups is 1. The van der Waals surface area contributed by atoms with E-state index in [4.69, 9.17) is 9.47 Å². The van der Waals surface area contributed by atoms with Crippen molar-refractivity contribution in [3.05, 3.63) is 51.5 Å². The Bertz CT molecular complexity index is 911. The number of nitrogens with one attached hydrogen (secondary N) is 1. The molecule has 2 aromatic carbocycles. The summed E-state index contributed by atoms with van der Waals surface area (Å²) in [7, 11) is 2.97. The number of amides is 1. The van der Waals surface area contributed by atoms with E-state index < -0.39 is 11.5 Å². The first kappa shape index (κ1) is 18.4. The van der Waals surface area contributed by atoms with E-state index in [1.807, 2.05) is 13.0 Å². The molecule has 0 unspecified atom stereocenters. The van der Waals surface area contributed by atoms with Gasteiger partial charge in [0.15, 0.2) is 22.9 Å². The van der Waals surface area contributed by atoms with Crippen LogP contribution in [0.3, 0.4) is 0 Å². The van der Waals surface area contributed by atoms with Crippen LogP contribution in [0, 0.1) is 6.92 Å². The van der Waals surface area contributed by atoms with E-state index in [9.17, 15) is 14.7 Å². The Kier molecular flexibility index (Phi) is 4.77. The smallest absolute Gasteiger partial charge is 0.261 e. The van der Waals surface area contributed by atoms with E-state index in [1.165, 1.54) is 20.3 Å². The van der Waals surface area contributed by atoms with Gasteiger partial charge >= 0.3 is 0 Å². The Hall–Kier alpha value is -2.38. The molecule has 1 heterocycles. The molecule has 1 aliphatic heterocycles. The molecule has 1 aliphatic rings. The summed E-state index contributed by atoms with van der Waals surface area (Å²) in [5.41, 5.74) is 0.120. The Labute approximate surface area is 159 Å². The summed E-state index contributed by atoms with van der Waals surface area (Å²) in [6.45, 7) is 1.85. The number of ether oxygens (including phenoxy) is 2. The standard InChI is InChI=1S/C19H18BrNO5/c1-10-4-6-12-16(17(10)20)19(24,18(23)21-12)9-13(22)11-5-7-14(25-2)15(8-11)26-3/h4-8,24H,9H2,1-3H3,(H,21,23)/t19-/m0/s1. The lowest BCUT2D eigenvalue weighted by Gasteiger charge is -2.22. The summed E-state index contributed by atoms with van der Waals surface area (Å²) in [5, 5.41) is 13.7. The van der Waals surface area contributed by atoms with Gasteiger partial charge in [-0.1, -0.05) is 22.0 Å². The molecule has 0 radical (unpaired) electrons. The second-order valence-corrected chi connectivity index (χ2v) is 6.90. The van der Waals surface area contributed by atoms with Gasteiger partial charge in [-0.2, -0.15) is 0 Å². The zero-order valence-corrected chi connectivity index (χ0v) is 16.1. The van der Waals surface area contributed by atoms with E-state index in [0.29, 0.717) is 32.8 Å². The molecule has 6 nitrogen and oxygen atoms in total. The first-order chi connectivity index (χ1) is 12.3. The molecule has 2 aromatic rings.